The van der Waals surface area contributed by atoms with Gasteiger partial charge in [-0.2, -0.15) is 10.4 Å². The van der Waals surface area contributed by atoms with Crippen LogP contribution >= 0.6 is 11.3 Å². The lowest BCUT2D eigenvalue weighted by atomic mass is 10.2. The van der Waals surface area contributed by atoms with Crippen LogP contribution in [0.25, 0.3) is 11.6 Å². The van der Waals surface area contributed by atoms with Gasteiger partial charge in [0.25, 0.3) is 0 Å². The minimum Gasteiger partial charge on any atom is -0.278 e. The van der Waals surface area contributed by atoms with Gasteiger partial charge >= 0.3 is 0 Å². The minimum atomic E-state index is 0.546. The van der Waals surface area contributed by atoms with Gasteiger partial charge < -0.3 is 0 Å². The van der Waals surface area contributed by atoms with E-state index in [1.54, 1.807) is 24.5 Å². The summed E-state index contributed by atoms with van der Waals surface area (Å²) < 4.78 is 0. The monoisotopic (exact) mass is 202 g/mol. The van der Waals surface area contributed by atoms with Crippen LogP contribution in [0.4, 0.5) is 0 Å². The molecule has 14 heavy (non-hydrogen) atoms. The number of allylic oxidation sites excluding steroid dienone is 1. The highest BCUT2D eigenvalue weighted by Crippen LogP contribution is 2.18. The predicted octanol–water partition coefficient (Wildman–Crippen LogP) is 1.93. The highest BCUT2D eigenvalue weighted by atomic mass is 32.1. The van der Waals surface area contributed by atoms with Crippen LogP contribution in [0.5, 0.6) is 0 Å². The fourth-order valence-electron chi connectivity index (χ4n) is 1.00. The molecule has 0 amide bonds. The first-order valence-electron chi connectivity index (χ1n) is 3.91. The van der Waals surface area contributed by atoms with E-state index in [-0.39, 0.29) is 0 Å². The number of hydrogen-bond acceptors (Lipinski definition) is 4. The molecule has 4 nitrogen and oxygen atoms in total. The maximum Gasteiger partial charge on any atom is 0.133 e. The van der Waals surface area contributed by atoms with Crippen molar-refractivity contribution in [2.24, 2.45) is 0 Å². The van der Waals surface area contributed by atoms with Crippen molar-refractivity contribution in [3.05, 3.63) is 34.5 Å². The van der Waals surface area contributed by atoms with Gasteiger partial charge in [0, 0.05) is 17.8 Å². The Labute approximate surface area is 84.5 Å². The standard InChI is InChI=1S/C9H6N4S/c10-6-7(9-11-3-4-14-9)5-8-1-2-12-13-8/h1-5H,(H,12,13). The maximum absolute atomic E-state index is 8.91. The van der Waals surface area contributed by atoms with E-state index in [2.05, 4.69) is 21.3 Å². The Morgan fingerprint density at radius 3 is 3.07 bits per heavy atom. The molecule has 5 heteroatoms. The average molecular weight is 202 g/mol. The molecule has 0 bridgehead atoms. The third-order valence-electron chi connectivity index (χ3n) is 1.61. The maximum atomic E-state index is 8.91. The van der Waals surface area contributed by atoms with E-state index in [9.17, 15) is 0 Å². The van der Waals surface area contributed by atoms with Crippen molar-refractivity contribution in [2.45, 2.75) is 0 Å². The van der Waals surface area contributed by atoms with Crippen LogP contribution in [0.3, 0.4) is 0 Å². The molecule has 0 atom stereocenters. The van der Waals surface area contributed by atoms with Gasteiger partial charge in [0.1, 0.15) is 11.1 Å². The number of rotatable bonds is 2. The van der Waals surface area contributed by atoms with Crippen LogP contribution in [-0.2, 0) is 0 Å². The normalized spacial score (nSPS) is 11.2. The van der Waals surface area contributed by atoms with Crippen molar-refractivity contribution >= 4 is 23.0 Å². The molecule has 0 saturated carbocycles. The molecule has 2 aromatic rings. The lowest BCUT2D eigenvalue weighted by Gasteiger charge is -1.90. The number of hydrogen-bond donors (Lipinski definition) is 1. The number of aromatic nitrogens is 3. The number of nitrogens with one attached hydrogen (secondary N) is 1. The van der Waals surface area contributed by atoms with Gasteiger partial charge in [0.05, 0.1) is 11.3 Å². The lowest BCUT2D eigenvalue weighted by molar-refractivity contribution is 1.08. The fraction of sp³-hybridized carbons (Fsp3) is 0. The summed E-state index contributed by atoms with van der Waals surface area (Å²) in [6, 6.07) is 3.90. The summed E-state index contributed by atoms with van der Waals surface area (Å²) >= 11 is 1.44. The molecule has 0 unspecified atom stereocenters. The van der Waals surface area contributed by atoms with E-state index in [4.69, 9.17) is 5.26 Å². The van der Waals surface area contributed by atoms with Gasteiger partial charge in [-0.1, -0.05) is 0 Å². The molecule has 0 aliphatic rings. The molecule has 0 spiro atoms. The van der Waals surface area contributed by atoms with E-state index >= 15 is 0 Å². The van der Waals surface area contributed by atoms with Crippen LogP contribution in [-0.4, -0.2) is 15.2 Å². The van der Waals surface area contributed by atoms with Crippen molar-refractivity contribution in [3.63, 3.8) is 0 Å². The molecular weight excluding hydrogens is 196 g/mol. The number of nitrogens with zero attached hydrogens (tertiary/aromatic N) is 3. The summed E-state index contributed by atoms with van der Waals surface area (Å²) in [5.74, 6) is 0. The van der Waals surface area contributed by atoms with Gasteiger partial charge in [-0.25, -0.2) is 4.98 Å². The first-order chi connectivity index (χ1) is 6.90. The molecule has 0 aliphatic carbocycles. The Balaban J connectivity index is 2.37. The summed E-state index contributed by atoms with van der Waals surface area (Å²) in [6.45, 7) is 0. The minimum absolute atomic E-state index is 0.546. The number of aromatic amines is 1. The summed E-state index contributed by atoms with van der Waals surface area (Å²) in [7, 11) is 0. The van der Waals surface area contributed by atoms with Crippen molar-refractivity contribution in [1.82, 2.24) is 15.2 Å². The van der Waals surface area contributed by atoms with Crippen LogP contribution in [0, 0.1) is 11.3 Å². The Kier molecular flexibility index (Phi) is 2.38. The summed E-state index contributed by atoms with van der Waals surface area (Å²) in [5.41, 5.74) is 1.35. The number of thiazole rings is 1. The molecule has 0 radical (unpaired) electrons. The molecule has 2 rings (SSSR count). The van der Waals surface area contributed by atoms with Crippen molar-refractivity contribution < 1.29 is 0 Å². The molecule has 1 N–H and O–H groups in total. The number of nitriles is 1. The zero-order valence-corrected chi connectivity index (χ0v) is 7.95. The van der Waals surface area contributed by atoms with Crippen LogP contribution < -0.4 is 0 Å². The van der Waals surface area contributed by atoms with Crippen LogP contribution in [0.2, 0.25) is 0 Å². The van der Waals surface area contributed by atoms with Crippen molar-refractivity contribution in [2.75, 3.05) is 0 Å². The predicted molar refractivity (Wildman–Crippen MR) is 54.2 cm³/mol. The topological polar surface area (TPSA) is 65.4 Å². The highest BCUT2D eigenvalue weighted by molar-refractivity contribution is 7.10. The van der Waals surface area contributed by atoms with Crippen LogP contribution in [0.15, 0.2) is 23.8 Å². The second-order valence-electron chi connectivity index (χ2n) is 2.52. The molecule has 0 fully saturated rings. The Hall–Kier alpha value is -1.93. The molecule has 2 aromatic heterocycles. The quantitative estimate of drug-likeness (QED) is 0.757. The van der Waals surface area contributed by atoms with Gasteiger partial charge in [-0.3, -0.25) is 5.10 Å². The zero-order valence-electron chi connectivity index (χ0n) is 7.14. The largest absolute Gasteiger partial charge is 0.278 e. The summed E-state index contributed by atoms with van der Waals surface area (Å²) in [5, 5.41) is 18.0. The summed E-state index contributed by atoms with van der Waals surface area (Å²) in [6.07, 6.45) is 5.05. The summed E-state index contributed by atoms with van der Waals surface area (Å²) in [4.78, 5) is 4.06. The molecule has 0 aliphatic heterocycles. The SMILES string of the molecule is N#CC(=Cc1ccn[nH]1)c1nccs1. The van der Waals surface area contributed by atoms with Gasteiger partial charge in [-0.05, 0) is 12.1 Å². The molecule has 0 saturated heterocycles. The van der Waals surface area contributed by atoms with Gasteiger partial charge in [0.2, 0.25) is 0 Å². The van der Waals surface area contributed by atoms with Crippen molar-refractivity contribution in [1.29, 1.82) is 5.26 Å². The van der Waals surface area contributed by atoms with E-state index in [0.717, 1.165) is 10.7 Å². The van der Waals surface area contributed by atoms with Gasteiger partial charge in [0.15, 0.2) is 0 Å². The van der Waals surface area contributed by atoms with E-state index in [1.807, 2.05) is 5.38 Å². The molecule has 2 heterocycles. The van der Waals surface area contributed by atoms with Crippen LogP contribution in [0.1, 0.15) is 10.7 Å². The first kappa shape index (κ1) is 8.66. The van der Waals surface area contributed by atoms with E-state index in [0.29, 0.717) is 5.57 Å². The number of H-pyrrole nitrogens is 1. The third kappa shape index (κ3) is 1.70. The third-order valence-corrected chi connectivity index (χ3v) is 2.41. The lowest BCUT2D eigenvalue weighted by Crippen LogP contribution is -1.80. The zero-order chi connectivity index (χ0) is 9.80. The second-order valence-corrected chi connectivity index (χ2v) is 3.41. The molecule has 0 aromatic carbocycles. The Bertz CT molecular complexity index is 461. The molecular formula is C9H6N4S. The smallest absolute Gasteiger partial charge is 0.133 e. The average Bonchev–Trinajstić information content (AvgIpc) is 2.86. The highest BCUT2D eigenvalue weighted by Gasteiger charge is 2.03. The van der Waals surface area contributed by atoms with Gasteiger partial charge in [-0.15, -0.1) is 11.3 Å². The Morgan fingerprint density at radius 2 is 2.50 bits per heavy atom. The first-order valence-corrected chi connectivity index (χ1v) is 4.79. The Morgan fingerprint density at radius 1 is 1.57 bits per heavy atom. The van der Waals surface area contributed by atoms with E-state index < -0.39 is 0 Å². The molecule has 68 valence electrons. The van der Waals surface area contributed by atoms with E-state index in [1.165, 1.54) is 11.3 Å². The fourth-order valence-corrected chi connectivity index (χ4v) is 1.60. The van der Waals surface area contributed by atoms with Crippen molar-refractivity contribution in [3.8, 4) is 6.07 Å². The second kappa shape index (κ2) is 3.85.